The third-order valence-corrected chi connectivity index (χ3v) is 4.84. The van der Waals surface area contributed by atoms with Gasteiger partial charge in [-0.15, -0.1) is 0 Å². The topological polar surface area (TPSA) is 86.7 Å². The first-order valence-corrected chi connectivity index (χ1v) is 9.27. The fourth-order valence-electron chi connectivity index (χ4n) is 2.50. The van der Waals surface area contributed by atoms with Crippen LogP contribution in [-0.2, 0) is 23.9 Å². The van der Waals surface area contributed by atoms with Gasteiger partial charge in [-0.2, -0.15) is 0 Å². The number of carbonyl (C=O) groups is 4. The lowest BCUT2D eigenvalue weighted by Gasteiger charge is -2.22. The van der Waals surface area contributed by atoms with Crippen LogP contribution in [0.4, 0.5) is 4.79 Å². The van der Waals surface area contributed by atoms with Crippen molar-refractivity contribution in [2.75, 3.05) is 0 Å². The van der Waals surface area contributed by atoms with Crippen molar-refractivity contribution in [1.29, 1.82) is 0 Å². The zero-order chi connectivity index (χ0) is 18.1. The summed E-state index contributed by atoms with van der Waals surface area (Å²) in [7, 11) is 0. The van der Waals surface area contributed by atoms with Gasteiger partial charge in [0.1, 0.15) is 11.6 Å². The number of hydrogen-bond donors (Lipinski definition) is 0. The number of thioether (sulfide) groups is 1. The second-order valence-electron chi connectivity index (χ2n) is 6.14. The van der Waals surface area contributed by atoms with Gasteiger partial charge in [-0.25, -0.2) is 4.79 Å². The lowest BCUT2D eigenvalue weighted by molar-refractivity contribution is -0.169. The fraction of sp³-hybridized carbons (Fsp3) is 0.765. The van der Waals surface area contributed by atoms with Crippen LogP contribution >= 0.6 is 11.8 Å². The molecule has 24 heavy (non-hydrogen) atoms. The molecule has 0 aromatic rings. The van der Waals surface area contributed by atoms with E-state index in [1.165, 1.54) is 13.8 Å². The zero-order valence-electron chi connectivity index (χ0n) is 14.5. The highest BCUT2D eigenvalue weighted by Gasteiger charge is 2.26. The molecular weight excluding hydrogens is 332 g/mol. The van der Waals surface area contributed by atoms with Crippen LogP contribution in [0.1, 0.15) is 65.7 Å². The summed E-state index contributed by atoms with van der Waals surface area (Å²) < 4.78 is 10.2. The van der Waals surface area contributed by atoms with Crippen molar-refractivity contribution in [2.45, 2.75) is 77.3 Å². The van der Waals surface area contributed by atoms with Crippen molar-refractivity contribution in [3.05, 3.63) is 0 Å². The van der Waals surface area contributed by atoms with Gasteiger partial charge in [0.2, 0.25) is 6.29 Å². The van der Waals surface area contributed by atoms with E-state index in [1.54, 1.807) is 6.92 Å². The van der Waals surface area contributed by atoms with E-state index in [1.807, 2.05) is 0 Å². The molecule has 0 radical (unpaired) electrons. The Kier molecular flexibility index (Phi) is 9.03. The van der Waals surface area contributed by atoms with Gasteiger partial charge in [0.25, 0.3) is 0 Å². The molecule has 0 aromatic carbocycles. The number of esters is 1. The molecule has 0 amide bonds. The Hall–Kier alpha value is -1.37. The largest absolute Gasteiger partial charge is 0.425 e. The van der Waals surface area contributed by atoms with E-state index in [9.17, 15) is 19.2 Å². The molecule has 1 saturated carbocycles. The average molecular weight is 358 g/mol. The summed E-state index contributed by atoms with van der Waals surface area (Å²) in [5.41, 5.74) is 0. The molecule has 6 nitrogen and oxygen atoms in total. The van der Waals surface area contributed by atoms with E-state index < -0.39 is 16.8 Å². The van der Waals surface area contributed by atoms with Crippen LogP contribution in [0, 0.1) is 5.92 Å². The number of ketones is 2. The normalized spacial score (nSPS) is 17.6. The van der Waals surface area contributed by atoms with Gasteiger partial charge < -0.3 is 14.3 Å². The van der Waals surface area contributed by atoms with Crippen molar-refractivity contribution in [1.82, 2.24) is 0 Å². The minimum Gasteiger partial charge on any atom is -0.425 e. The Morgan fingerprint density at radius 3 is 2.21 bits per heavy atom. The first-order valence-electron chi connectivity index (χ1n) is 8.39. The Balaban J connectivity index is 2.31. The summed E-state index contributed by atoms with van der Waals surface area (Å²) in [5.74, 6) is -0.685. The summed E-state index contributed by atoms with van der Waals surface area (Å²) in [6.07, 6.45) is 4.12. The highest BCUT2D eigenvalue weighted by Crippen LogP contribution is 2.25. The monoisotopic (exact) mass is 358 g/mol. The van der Waals surface area contributed by atoms with Crippen LogP contribution in [0.25, 0.3) is 0 Å². The van der Waals surface area contributed by atoms with E-state index in [-0.39, 0.29) is 36.3 Å². The molecular formula is C17H26O6S. The Bertz CT molecular complexity index is 470. The maximum Gasteiger partial charge on any atom is 0.371 e. The molecule has 1 rings (SSSR count). The molecule has 0 N–H and O–H groups in total. The fourth-order valence-corrected chi connectivity index (χ4v) is 3.23. The van der Waals surface area contributed by atoms with Crippen molar-refractivity contribution >= 4 is 34.6 Å². The number of ether oxygens (including phenoxy) is 2. The molecule has 2 atom stereocenters. The number of carbonyl (C=O) groups excluding carboxylic acids is 4. The van der Waals surface area contributed by atoms with Crippen LogP contribution in [0.15, 0.2) is 0 Å². The van der Waals surface area contributed by atoms with Crippen molar-refractivity contribution in [2.24, 2.45) is 5.92 Å². The molecule has 1 unspecified atom stereocenters. The molecule has 136 valence electrons. The molecule has 0 heterocycles. The summed E-state index contributed by atoms with van der Waals surface area (Å²) in [4.78, 5) is 46.4. The lowest BCUT2D eigenvalue weighted by Crippen LogP contribution is -2.27. The Morgan fingerprint density at radius 2 is 1.62 bits per heavy atom. The minimum atomic E-state index is -0.973. The van der Waals surface area contributed by atoms with Crippen LogP contribution in [0.5, 0.6) is 0 Å². The van der Waals surface area contributed by atoms with Crippen molar-refractivity contribution in [3.8, 4) is 0 Å². The van der Waals surface area contributed by atoms with E-state index >= 15 is 0 Å². The molecule has 0 aliphatic heterocycles. The molecule has 1 aliphatic carbocycles. The third-order valence-electron chi connectivity index (χ3n) is 3.93. The van der Waals surface area contributed by atoms with Gasteiger partial charge >= 0.3 is 11.3 Å². The summed E-state index contributed by atoms with van der Waals surface area (Å²) >= 11 is 0.737. The predicted octanol–water partition coefficient (Wildman–Crippen LogP) is 3.65. The Labute approximate surface area is 147 Å². The van der Waals surface area contributed by atoms with Gasteiger partial charge in [-0.3, -0.25) is 9.59 Å². The van der Waals surface area contributed by atoms with Gasteiger partial charge in [-0.1, -0.05) is 19.3 Å². The van der Waals surface area contributed by atoms with E-state index in [0.717, 1.165) is 43.9 Å². The highest BCUT2D eigenvalue weighted by atomic mass is 32.2. The number of hydrogen-bond acceptors (Lipinski definition) is 7. The SMILES string of the molecule is CC(=O)CCC(=O)C(C)SC(=O)O[C@@H](C)OC(=O)C1CCCCC1. The third kappa shape index (κ3) is 7.95. The summed E-state index contributed by atoms with van der Waals surface area (Å²) in [5, 5.41) is -1.26. The van der Waals surface area contributed by atoms with Gasteiger partial charge in [0.15, 0.2) is 0 Å². The molecule has 0 spiro atoms. The number of rotatable bonds is 8. The maximum absolute atomic E-state index is 12.0. The Morgan fingerprint density at radius 1 is 1.00 bits per heavy atom. The van der Waals surface area contributed by atoms with Crippen LogP contribution in [0.2, 0.25) is 0 Å². The highest BCUT2D eigenvalue weighted by molar-refractivity contribution is 8.14. The standard InChI is InChI=1S/C17H26O6S/c1-11(18)9-10-15(19)12(2)24-17(21)23-13(3)22-16(20)14-7-5-4-6-8-14/h12-14H,4-10H2,1-3H3/t12?,13-/m0/s1. The van der Waals surface area contributed by atoms with Crippen LogP contribution < -0.4 is 0 Å². The minimum absolute atomic E-state index is 0.0635. The molecule has 0 saturated heterocycles. The molecule has 0 bridgehead atoms. The van der Waals surface area contributed by atoms with E-state index in [4.69, 9.17) is 9.47 Å². The van der Waals surface area contributed by atoms with Crippen molar-refractivity contribution in [3.63, 3.8) is 0 Å². The molecule has 1 aliphatic rings. The maximum atomic E-state index is 12.0. The average Bonchev–Trinajstić information content (AvgIpc) is 2.52. The van der Waals surface area contributed by atoms with E-state index in [2.05, 4.69) is 0 Å². The first-order chi connectivity index (χ1) is 11.3. The first kappa shape index (κ1) is 20.7. The quantitative estimate of drug-likeness (QED) is 0.483. The second kappa shape index (κ2) is 10.5. The van der Waals surface area contributed by atoms with Crippen LogP contribution in [-0.4, -0.2) is 34.4 Å². The molecule has 7 heteroatoms. The number of Topliss-reactive ketones (excluding diaryl/α,β-unsaturated/α-hetero) is 2. The van der Waals surface area contributed by atoms with Gasteiger partial charge in [-0.05, 0) is 38.5 Å². The van der Waals surface area contributed by atoms with Gasteiger partial charge in [0, 0.05) is 19.8 Å². The van der Waals surface area contributed by atoms with E-state index in [0.29, 0.717) is 0 Å². The summed E-state index contributed by atoms with van der Waals surface area (Å²) in [6, 6.07) is 0. The molecule has 0 aromatic heterocycles. The lowest BCUT2D eigenvalue weighted by atomic mass is 9.89. The van der Waals surface area contributed by atoms with Gasteiger partial charge in [0.05, 0.1) is 11.2 Å². The summed E-state index contributed by atoms with van der Waals surface area (Å²) in [6.45, 7) is 4.50. The zero-order valence-corrected chi connectivity index (χ0v) is 15.4. The second-order valence-corrected chi connectivity index (χ2v) is 7.41. The van der Waals surface area contributed by atoms with Crippen molar-refractivity contribution < 1.29 is 28.7 Å². The molecule has 1 fully saturated rings. The predicted molar refractivity (Wildman–Crippen MR) is 90.6 cm³/mol. The smallest absolute Gasteiger partial charge is 0.371 e. The van der Waals surface area contributed by atoms with Crippen LogP contribution in [0.3, 0.4) is 0 Å².